The molecule has 108 valence electrons. The van der Waals surface area contributed by atoms with Crippen molar-refractivity contribution in [3.63, 3.8) is 0 Å². The number of nitrogens with zero attached hydrogens (tertiary/aromatic N) is 1. The summed E-state index contributed by atoms with van der Waals surface area (Å²) in [5, 5.41) is 0. The lowest BCUT2D eigenvalue weighted by Crippen LogP contribution is -2.41. The van der Waals surface area contributed by atoms with E-state index in [2.05, 4.69) is 0 Å². The molecule has 0 aromatic heterocycles. The number of hydrogen-bond donors (Lipinski definition) is 0. The molecule has 0 saturated heterocycles. The van der Waals surface area contributed by atoms with Crippen molar-refractivity contribution in [3.8, 4) is 0 Å². The highest BCUT2D eigenvalue weighted by atomic mass is 35.5. The molecule has 0 aliphatic carbocycles. The summed E-state index contributed by atoms with van der Waals surface area (Å²) in [4.78, 5) is -0.285. The van der Waals surface area contributed by atoms with E-state index < -0.39 is 15.8 Å². The van der Waals surface area contributed by atoms with Crippen molar-refractivity contribution in [3.05, 3.63) is 30.1 Å². The molecule has 0 atom stereocenters. The van der Waals surface area contributed by atoms with E-state index >= 15 is 0 Å². The van der Waals surface area contributed by atoms with Gasteiger partial charge in [-0.2, -0.15) is 4.31 Å². The smallest absolute Gasteiger partial charge is 0.207 e. The average molecular weight is 308 g/mol. The third-order valence-electron chi connectivity index (χ3n) is 3.08. The lowest BCUT2D eigenvalue weighted by Gasteiger charge is -2.29. The number of alkyl halides is 1. The Morgan fingerprint density at radius 2 is 1.84 bits per heavy atom. The third-order valence-corrected chi connectivity index (χ3v) is 5.23. The van der Waals surface area contributed by atoms with Crippen molar-refractivity contribution in [2.45, 2.75) is 37.6 Å². The molecule has 3 nitrogen and oxygen atoms in total. The standard InChI is InChI=1S/C13H19ClFNO2S/c1-3-11(4-2)16(10-9-14)19(17,18)13-8-6-5-7-12(13)15/h5-8,11H,3-4,9-10H2,1-2H3. The molecule has 1 aromatic carbocycles. The highest BCUT2D eigenvalue weighted by molar-refractivity contribution is 7.89. The van der Waals surface area contributed by atoms with Gasteiger partial charge in [-0.05, 0) is 25.0 Å². The molecule has 0 radical (unpaired) electrons. The van der Waals surface area contributed by atoms with Gasteiger partial charge in [0.15, 0.2) is 0 Å². The zero-order chi connectivity index (χ0) is 14.5. The minimum Gasteiger partial charge on any atom is -0.207 e. The first kappa shape index (κ1) is 16.4. The Morgan fingerprint density at radius 3 is 2.32 bits per heavy atom. The minimum absolute atomic E-state index is 0.164. The topological polar surface area (TPSA) is 37.4 Å². The Labute approximate surface area is 119 Å². The maximum absolute atomic E-state index is 13.7. The molecular formula is C13H19ClFNO2S. The zero-order valence-corrected chi connectivity index (χ0v) is 12.7. The Balaban J connectivity index is 3.24. The largest absolute Gasteiger partial charge is 0.246 e. The van der Waals surface area contributed by atoms with Crippen LogP contribution in [0.3, 0.4) is 0 Å². The van der Waals surface area contributed by atoms with Gasteiger partial charge in [0.25, 0.3) is 0 Å². The fraction of sp³-hybridized carbons (Fsp3) is 0.538. The van der Waals surface area contributed by atoms with Crippen molar-refractivity contribution in [2.24, 2.45) is 0 Å². The van der Waals surface area contributed by atoms with Crippen LogP contribution in [0.1, 0.15) is 26.7 Å². The van der Waals surface area contributed by atoms with Crippen molar-refractivity contribution < 1.29 is 12.8 Å². The number of rotatable bonds is 7. The van der Waals surface area contributed by atoms with Crippen LogP contribution < -0.4 is 0 Å². The van der Waals surface area contributed by atoms with Crippen LogP contribution in [-0.4, -0.2) is 31.2 Å². The predicted octanol–water partition coefficient (Wildman–Crippen LogP) is 3.24. The lowest BCUT2D eigenvalue weighted by molar-refractivity contribution is 0.315. The van der Waals surface area contributed by atoms with Gasteiger partial charge in [-0.25, -0.2) is 12.8 Å². The Hall–Kier alpha value is -0.650. The lowest BCUT2D eigenvalue weighted by atomic mass is 10.2. The first-order valence-corrected chi connectivity index (χ1v) is 8.28. The molecule has 0 aliphatic rings. The molecule has 0 unspecified atom stereocenters. The SMILES string of the molecule is CCC(CC)N(CCCl)S(=O)(=O)c1ccccc1F. The van der Waals surface area contributed by atoms with Crippen LogP contribution >= 0.6 is 11.6 Å². The highest BCUT2D eigenvalue weighted by Crippen LogP contribution is 2.23. The van der Waals surface area contributed by atoms with Gasteiger partial charge in [0.2, 0.25) is 10.0 Å². The van der Waals surface area contributed by atoms with Crippen LogP contribution in [-0.2, 0) is 10.0 Å². The fourth-order valence-corrected chi connectivity index (χ4v) is 4.18. The quantitative estimate of drug-likeness (QED) is 0.725. The Morgan fingerprint density at radius 1 is 1.26 bits per heavy atom. The number of hydrogen-bond acceptors (Lipinski definition) is 2. The van der Waals surface area contributed by atoms with Crippen LogP contribution in [0, 0.1) is 5.82 Å². The second kappa shape index (κ2) is 7.22. The van der Waals surface area contributed by atoms with Crippen molar-refractivity contribution >= 4 is 21.6 Å². The molecule has 1 aromatic rings. The fourth-order valence-electron chi connectivity index (χ4n) is 2.06. The summed E-state index contributed by atoms with van der Waals surface area (Å²) >= 11 is 5.69. The summed E-state index contributed by atoms with van der Waals surface area (Å²) in [6.07, 6.45) is 1.34. The van der Waals surface area contributed by atoms with E-state index in [0.29, 0.717) is 12.8 Å². The molecular weight excluding hydrogens is 289 g/mol. The summed E-state index contributed by atoms with van der Waals surface area (Å²) < 4.78 is 40.1. The van der Waals surface area contributed by atoms with Crippen LogP contribution in [0.2, 0.25) is 0 Å². The van der Waals surface area contributed by atoms with Gasteiger partial charge in [0, 0.05) is 18.5 Å². The Bertz CT molecular complexity index is 503. The summed E-state index contributed by atoms with van der Waals surface area (Å²) in [6.45, 7) is 4.00. The highest BCUT2D eigenvalue weighted by Gasteiger charge is 2.31. The summed E-state index contributed by atoms with van der Waals surface area (Å²) in [7, 11) is -3.84. The van der Waals surface area contributed by atoms with Gasteiger partial charge in [-0.15, -0.1) is 11.6 Å². The van der Waals surface area contributed by atoms with Crippen LogP contribution in [0.5, 0.6) is 0 Å². The van der Waals surface area contributed by atoms with Crippen LogP contribution in [0.15, 0.2) is 29.2 Å². The van der Waals surface area contributed by atoms with E-state index in [1.165, 1.54) is 22.5 Å². The van der Waals surface area contributed by atoms with Crippen molar-refractivity contribution in [1.82, 2.24) is 4.31 Å². The zero-order valence-electron chi connectivity index (χ0n) is 11.1. The Kier molecular flexibility index (Phi) is 6.23. The van der Waals surface area contributed by atoms with Gasteiger partial charge < -0.3 is 0 Å². The molecule has 0 amide bonds. The molecule has 0 aliphatic heterocycles. The van der Waals surface area contributed by atoms with Crippen molar-refractivity contribution in [2.75, 3.05) is 12.4 Å². The average Bonchev–Trinajstić information content (AvgIpc) is 2.39. The molecule has 0 saturated carbocycles. The van der Waals surface area contributed by atoms with E-state index in [1.54, 1.807) is 0 Å². The maximum atomic E-state index is 13.7. The van der Waals surface area contributed by atoms with Gasteiger partial charge in [0.05, 0.1) is 0 Å². The van der Waals surface area contributed by atoms with E-state index in [-0.39, 0.29) is 23.4 Å². The summed E-state index contributed by atoms with van der Waals surface area (Å²) in [5.74, 6) is -0.544. The van der Waals surface area contributed by atoms with Gasteiger partial charge in [-0.3, -0.25) is 0 Å². The molecule has 0 N–H and O–H groups in total. The van der Waals surface area contributed by atoms with Crippen LogP contribution in [0.4, 0.5) is 4.39 Å². The second-order valence-electron chi connectivity index (χ2n) is 4.21. The molecule has 1 rings (SSSR count). The van der Waals surface area contributed by atoms with E-state index in [9.17, 15) is 12.8 Å². The first-order chi connectivity index (χ1) is 8.98. The van der Waals surface area contributed by atoms with E-state index in [1.807, 2.05) is 13.8 Å². The van der Waals surface area contributed by atoms with Gasteiger partial charge in [-0.1, -0.05) is 26.0 Å². The van der Waals surface area contributed by atoms with E-state index in [4.69, 9.17) is 11.6 Å². The maximum Gasteiger partial charge on any atom is 0.246 e. The molecule has 6 heteroatoms. The minimum atomic E-state index is -3.84. The number of halogens is 2. The van der Waals surface area contributed by atoms with Crippen LogP contribution in [0.25, 0.3) is 0 Å². The summed E-state index contributed by atoms with van der Waals surface area (Å²) in [6, 6.07) is 5.26. The van der Waals surface area contributed by atoms with Gasteiger partial charge in [0.1, 0.15) is 10.7 Å². The predicted molar refractivity (Wildman–Crippen MR) is 75.4 cm³/mol. The molecule has 0 heterocycles. The second-order valence-corrected chi connectivity index (χ2v) is 6.44. The van der Waals surface area contributed by atoms with E-state index in [0.717, 1.165) is 6.07 Å². The normalized spacial score (nSPS) is 12.3. The molecule has 0 bridgehead atoms. The third kappa shape index (κ3) is 3.68. The summed E-state index contributed by atoms with van der Waals surface area (Å²) in [5.41, 5.74) is 0. The first-order valence-electron chi connectivity index (χ1n) is 6.31. The molecule has 0 spiro atoms. The molecule has 19 heavy (non-hydrogen) atoms. The van der Waals surface area contributed by atoms with Gasteiger partial charge >= 0.3 is 0 Å². The van der Waals surface area contributed by atoms with Crippen molar-refractivity contribution in [1.29, 1.82) is 0 Å². The monoisotopic (exact) mass is 307 g/mol. The number of sulfonamides is 1. The number of benzene rings is 1. The molecule has 0 fully saturated rings.